The number of ether oxygens (including phenoxy) is 5. The van der Waals surface area contributed by atoms with Crippen molar-refractivity contribution in [3.63, 3.8) is 0 Å². The molecule has 0 atom stereocenters. The number of unbranched alkanes of at least 4 members (excludes halogenated alkanes) is 4. The molecule has 0 aliphatic heterocycles. The summed E-state index contributed by atoms with van der Waals surface area (Å²) in [6.07, 6.45) is 4.61. The number of nitrogens with zero attached hydrogens (tertiary/aromatic N) is 5. The molecular weight excluding hydrogens is 823 g/mol. The third-order valence-corrected chi connectivity index (χ3v) is 11.2. The number of carbonyl (C=O) groups is 2. The fourth-order valence-corrected chi connectivity index (χ4v) is 7.45. The van der Waals surface area contributed by atoms with Crippen LogP contribution < -0.4 is 20.1 Å². The number of methoxy groups -OCH3 is 2. The van der Waals surface area contributed by atoms with Crippen molar-refractivity contribution in [2.45, 2.75) is 70.1 Å². The smallest absolute Gasteiger partial charge is 0.305 e. The van der Waals surface area contributed by atoms with Crippen LogP contribution in [0, 0.1) is 18.3 Å². The molecule has 0 saturated carbocycles. The average molecular weight is 884 g/mol. The van der Waals surface area contributed by atoms with Gasteiger partial charge in [0.25, 0.3) is 0 Å². The normalized spacial score (nSPS) is 11.4. The van der Waals surface area contributed by atoms with Gasteiger partial charge in [0.05, 0.1) is 38.7 Å². The van der Waals surface area contributed by atoms with Gasteiger partial charge in [-0.1, -0.05) is 38.0 Å². The second-order valence-electron chi connectivity index (χ2n) is 13.9. The number of nitriles is 1. The SMILES string of the molecule is CCN(CCOC(=O)CCCCCO)CCS(=O)(=O)c1cc(OC)c(N=Nc2c(Nc3ccccc3)nc(NCCOCCOC(=O)CCCCCO)c(C#N)c2C)cc1OC. The van der Waals surface area contributed by atoms with Crippen LogP contribution in [0.15, 0.2) is 57.6 Å². The Morgan fingerprint density at radius 3 is 2.11 bits per heavy atom. The quantitative estimate of drug-likeness (QED) is 0.0321. The van der Waals surface area contributed by atoms with Crippen molar-refractivity contribution in [3.05, 3.63) is 53.6 Å². The lowest BCUT2D eigenvalue weighted by Gasteiger charge is -2.20. The first-order chi connectivity index (χ1) is 30.0. The Morgan fingerprint density at radius 1 is 0.839 bits per heavy atom. The number of azo groups is 1. The lowest BCUT2D eigenvalue weighted by molar-refractivity contribution is -0.145. The van der Waals surface area contributed by atoms with E-state index in [1.165, 1.54) is 26.4 Å². The van der Waals surface area contributed by atoms with E-state index in [2.05, 4.69) is 26.9 Å². The van der Waals surface area contributed by atoms with Gasteiger partial charge < -0.3 is 44.5 Å². The number of pyridine rings is 1. The molecule has 0 bridgehead atoms. The number of hydrogen-bond acceptors (Lipinski definition) is 18. The minimum atomic E-state index is -3.91. The van der Waals surface area contributed by atoms with E-state index >= 15 is 0 Å². The molecule has 0 aliphatic carbocycles. The summed E-state index contributed by atoms with van der Waals surface area (Å²) in [4.78, 5) is 30.4. The first-order valence-corrected chi connectivity index (χ1v) is 22.4. The molecule has 62 heavy (non-hydrogen) atoms. The highest BCUT2D eigenvalue weighted by atomic mass is 32.2. The highest BCUT2D eigenvalue weighted by Gasteiger charge is 2.25. The Morgan fingerprint density at radius 2 is 1.50 bits per heavy atom. The first-order valence-electron chi connectivity index (χ1n) is 20.8. The van der Waals surface area contributed by atoms with E-state index < -0.39 is 9.84 Å². The van der Waals surface area contributed by atoms with Crippen molar-refractivity contribution in [3.8, 4) is 17.6 Å². The van der Waals surface area contributed by atoms with Crippen molar-refractivity contribution in [2.75, 3.05) is 96.4 Å². The summed E-state index contributed by atoms with van der Waals surface area (Å²) in [5.41, 5.74) is 1.77. The number of aliphatic hydroxyl groups excluding tert-OH is 2. The monoisotopic (exact) mass is 883 g/mol. The summed E-state index contributed by atoms with van der Waals surface area (Å²) in [6, 6.07) is 14.2. The van der Waals surface area contributed by atoms with Crippen LogP contribution in [0.5, 0.6) is 11.5 Å². The first kappa shape index (κ1) is 51.0. The second kappa shape index (κ2) is 28.3. The standard InChI is InChI=1S/C43H61N7O11S/c1-5-50(20-25-60-39(53)17-11-7-13-22-51)21-28-62(55,56)38-30-36(57-3)35(29-37(38)58-4)48-49-41-32(2)34(31-44)42(47-43(41)46-33-15-9-6-10-16-33)45-19-24-59-26-27-61-40(54)18-12-8-14-23-52/h6,9-10,15-16,29-30,51-52H,5,7-8,11-14,17-28H2,1-4H3,(H2,45,46,47). The van der Waals surface area contributed by atoms with Crippen LogP contribution in [-0.4, -0.2) is 126 Å². The molecule has 1 aromatic heterocycles. The van der Waals surface area contributed by atoms with Crippen LogP contribution in [0.2, 0.25) is 0 Å². The number of likely N-dealkylation sites (N-methyl/N-ethyl adjacent to an activating group) is 1. The van der Waals surface area contributed by atoms with Crippen molar-refractivity contribution >= 4 is 50.5 Å². The number of rotatable bonds is 31. The number of hydrogen-bond donors (Lipinski definition) is 4. The molecule has 19 heteroatoms. The van der Waals surface area contributed by atoms with Gasteiger partial charge in [-0.3, -0.25) is 14.5 Å². The van der Waals surface area contributed by atoms with E-state index in [0.29, 0.717) is 50.0 Å². The molecule has 340 valence electrons. The van der Waals surface area contributed by atoms with Crippen molar-refractivity contribution < 1.29 is 51.9 Å². The largest absolute Gasteiger partial charge is 0.495 e. The van der Waals surface area contributed by atoms with Crippen LogP contribution in [-0.2, 0) is 33.6 Å². The van der Waals surface area contributed by atoms with Gasteiger partial charge in [-0.05, 0) is 51.3 Å². The van der Waals surface area contributed by atoms with Gasteiger partial charge in [-0.2, -0.15) is 5.26 Å². The molecule has 4 N–H and O–H groups in total. The topological polar surface area (TPSA) is 244 Å². The molecule has 1 heterocycles. The van der Waals surface area contributed by atoms with Gasteiger partial charge in [0.15, 0.2) is 15.7 Å². The van der Waals surface area contributed by atoms with Gasteiger partial charge in [0.2, 0.25) is 0 Å². The Kier molecular flexibility index (Phi) is 23.2. The predicted octanol–water partition coefficient (Wildman–Crippen LogP) is 6.15. The molecule has 0 amide bonds. The maximum absolute atomic E-state index is 13.7. The number of esters is 2. The zero-order valence-electron chi connectivity index (χ0n) is 36.2. The van der Waals surface area contributed by atoms with Crippen LogP contribution in [0.1, 0.15) is 69.4 Å². The van der Waals surface area contributed by atoms with Gasteiger partial charge in [0.1, 0.15) is 52.9 Å². The number of benzene rings is 2. The predicted molar refractivity (Wildman–Crippen MR) is 234 cm³/mol. The summed E-state index contributed by atoms with van der Waals surface area (Å²) < 4.78 is 54.7. The van der Waals surface area contributed by atoms with Gasteiger partial charge in [-0.15, -0.1) is 10.2 Å². The molecule has 2 aromatic carbocycles. The number of nitrogens with one attached hydrogen (secondary N) is 2. The maximum Gasteiger partial charge on any atom is 0.305 e. The molecule has 3 aromatic rings. The minimum absolute atomic E-state index is 0.0299. The van der Waals surface area contributed by atoms with Crippen molar-refractivity contribution in [1.29, 1.82) is 5.26 Å². The highest BCUT2D eigenvalue weighted by Crippen LogP contribution is 2.41. The molecule has 0 unspecified atom stereocenters. The summed E-state index contributed by atoms with van der Waals surface area (Å²) in [6.45, 7) is 5.79. The Balaban J connectivity index is 1.77. The van der Waals surface area contributed by atoms with E-state index in [4.69, 9.17) is 38.9 Å². The zero-order chi connectivity index (χ0) is 45.2. The highest BCUT2D eigenvalue weighted by molar-refractivity contribution is 7.91. The second-order valence-corrected chi connectivity index (χ2v) is 16.0. The van der Waals surface area contributed by atoms with Crippen LogP contribution in [0.4, 0.5) is 28.7 Å². The number of para-hydroxylation sites is 1. The Hall–Kier alpha value is -5.39. The fraction of sp³-hybridized carbons (Fsp3) is 0.535. The average Bonchev–Trinajstić information content (AvgIpc) is 3.27. The lowest BCUT2D eigenvalue weighted by Crippen LogP contribution is -2.32. The lowest BCUT2D eigenvalue weighted by atomic mass is 10.1. The summed E-state index contributed by atoms with van der Waals surface area (Å²) >= 11 is 0. The zero-order valence-corrected chi connectivity index (χ0v) is 37.0. The number of carbonyl (C=O) groups excluding carboxylic acids is 2. The third kappa shape index (κ3) is 17.2. The summed E-state index contributed by atoms with van der Waals surface area (Å²) in [7, 11) is -1.18. The fourth-order valence-electron chi connectivity index (χ4n) is 6.00. The summed E-state index contributed by atoms with van der Waals surface area (Å²) in [5, 5.41) is 43.3. The molecule has 0 fully saturated rings. The minimum Gasteiger partial charge on any atom is -0.495 e. The van der Waals surface area contributed by atoms with E-state index in [-0.39, 0.29) is 128 Å². The number of aliphatic hydroxyl groups is 2. The molecule has 0 spiro atoms. The van der Waals surface area contributed by atoms with Crippen molar-refractivity contribution in [1.82, 2.24) is 9.88 Å². The molecule has 3 rings (SSSR count). The van der Waals surface area contributed by atoms with E-state index in [1.54, 1.807) is 6.92 Å². The van der Waals surface area contributed by atoms with Crippen LogP contribution in [0.25, 0.3) is 0 Å². The Bertz CT molecular complexity index is 2030. The molecule has 18 nitrogen and oxygen atoms in total. The number of sulfone groups is 1. The van der Waals surface area contributed by atoms with E-state index in [0.717, 1.165) is 12.8 Å². The molecule has 0 aliphatic rings. The van der Waals surface area contributed by atoms with Gasteiger partial charge >= 0.3 is 11.9 Å². The maximum atomic E-state index is 13.7. The van der Waals surface area contributed by atoms with Gasteiger partial charge in [0, 0.05) is 69.1 Å². The van der Waals surface area contributed by atoms with Crippen LogP contribution in [0.3, 0.4) is 0 Å². The Labute approximate surface area is 364 Å². The molecule has 0 radical (unpaired) electrons. The number of anilines is 3. The van der Waals surface area contributed by atoms with E-state index in [1.807, 2.05) is 42.2 Å². The summed E-state index contributed by atoms with van der Waals surface area (Å²) in [5.74, 6) is -0.189. The van der Waals surface area contributed by atoms with Crippen molar-refractivity contribution in [2.24, 2.45) is 10.2 Å². The molecular formula is C43H61N7O11S. The number of aromatic nitrogens is 1. The molecule has 0 saturated heterocycles. The van der Waals surface area contributed by atoms with E-state index in [9.17, 15) is 23.3 Å². The van der Waals surface area contributed by atoms with Gasteiger partial charge in [-0.25, -0.2) is 13.4 Å². The third-order valence-electron chi connectivity index (χ3n) is 9.52. The van der Waals surface area contributed by atoms with Crippen LogP contribution >= 0.6 is 0 Å².